The first kappa shape index (κ1) is 35.2. The molecule has 0 spiro atoms. The summed E-state index contributed by atoms with van der Waals surface area (Å²) in [5, 5.41) is 10.5. The van der Waals surface area contributed by atoms with Crippen molar-refractivity contribution in [3.05, 3.63) is 148 Å². The summed E-state index contributed by atoms with van der Waals surface area (Å²) in [5.74, 6) is -0.0685. The predicted octanol–water partition coefficient (Wildman–Crippen LogP) is 8.91. The summed E-state index contributed by atoms with van der Waals surface area (Å²) in [5.41, 5.74) is 4.27. The molecule has 2 unspecified atom stereocenters. The van der Waals surface area contributed by atoms with E-state index in [1.807, 2.05) is 91.0 Å². The van der Waals surface area contributed by atoms with Crippen molar-refractivity contribution in [2.24, 2.45) is 10.9 Å². The van der Waals surface area contributed by atoms with Crippen molar-refractivity contribution in [2.75, 3.05) is 13.1 Å². The lowest BCUT2D eigenvalue weighted by molar-refractivity contribution is -0.138. The van der Waals surface area contributed by atoms with Crippen LogP contribution < -0.4 is 0 Å². The maximum atomic E-state index is 14.2. The van der Waals surface area contributed by atoms with Gasteiger partial charge < -0.3 is 4.90 Å². The summed E-state index contributed by atoms with van der Waals surface area (Å²) >= 11 is 7.56. The Morgan fingerprint density at radius 3 is 2.32 bits per heavy atom. The summed E-state index contributed by atoms with van der Waals surface area (Å²) < 4.78 is 30.6. The summed E-state index contributed by atoms with van der Waals surface area (Å²) in [6.07, 6.45) is 2.05. The number of carbonyl (C=O) groups is 1. The minimum absolute atomic E-state index is 0.167. The largest absolute Gasteiger partial charge is 0.333 e. The second-order valence-electron chi connectivity index (χ2n) is 12.8. The number of halogens is 1. The number of aliphatic imine (C=N–C) groups is 1. The van der Waals surface area contributed by atoms with Crippen molar-refractivity contribution in [3.8, 4) is 6.07 Å². The number of sulfonamides is 1. The van der Waals surface area contributed by atoms with Crippen LogP contribution in [0, 0.1) is 17.2 Å². The summed E-state index contributed by atoms with van der Waals surface area (Å²) in [6, 6.07) is 34.3. The topological polar surface area (TPSA) is 93.8 Å². The quantitative estimate of drug-likeness (QED) is 0.101. The Kier molecular flexibility index (Phi) is 10.7. The van der Waals surface area contributed by atoms with Gasteiger partial charge in [0, 0.05) is 44.9 Å². The average Bonchev–Trinajstić information content (AvgIpc) is 3.51. The smallest absolute Gasteiger partial charge is 0.238 e. The first-order valence-corrected chi connectivity index (χ1v) is 19.1. The third kappa shape index (κ3) is 7.59. The number of thiophene rings is 1. The van der Waals surface area contributed by atoms with Crippen molar-refractivity contribution >= 4 is 60.4 Å². The predicted molar refractivity (Wildman–Crippen MR) is 203 cm³/mol. The molecule has 50 heavy (non-hydrogen) atoms. The number of hydrogen-bond acceptors (Lipinski definition) is 6. The molecule has 1 saturated heterocycles. The lowest BCUT2D eigenvalue weighted by Crippen LogP contribution is -2.58. The lowest BCUT2D eigenvalue weighted by atomic mass is 9.99. The van der Waals surface area contributed by atoms with E-state index in [4.69, 9.17) is 16.6 Å². The number of benzene rings is 4. The zero-order valence-electron chi connectivity index (χ0n) is 27.9. The van der Waals surface area contributed by atoms with Crippen LogP contribution in [0.1, 0.15) is 52.6 Å². The molecule has 1 fully saturated rings. The second kappa shape index (κ2) is 15.1. The summed E-state index contributed by atoms with van der Waals surface area (Å²) in [4.78, 5) is 21.4. The molecule has 6 rings (SSSR count). The molecule has 1 aromatic heterocycles. The van der Waals surface area contributed by atoms with E-state index in [1.165, 1.54) is 21.7 Å². The van der Waals surface area contributed by atoms with E-state index in [0.717, 1.165) is 32.5 Å². The molecule has 0 saturated carbocycles. The Morgan fingerprint density at radius 1 is 1.02 bits per heavy atom. The van der Waals surface area contributed by atoms with Crippen molar-refractivity contribution in [1.29, 1.82) is 5.26 Å². The number of piperazine rings is 1. The zero-order valence-corrected chi connectivity index (χ0v) is 30.3. The van der Waals surface area contributed by atoms with Crippen molar-refractivity contribution < 1.29 is 13.2 Å². The van der Waals surface area contributed by atoms with Crippen LogP contribution in [0.15, 0.2) is 121 Å². The number of rotatable bonds is 11. The molecule has 1 aliphatic heterocycles. The van der Waals surface area contributed by atoms with Gasteiger partial charge in [-0.05, 0) is 53.6 Å². The fourth-order valence-electron chi connectivity index (χ4n) is 6.38. The Labute approximate surface area is 302 Å². The van der Waals surface area contributed by atoms with Gasteiger partial charge in [-0.1, -0.05) is 104 Å². The highest BCUT2D eigenvalue weighted by Gasteiger charge is 2.41. The Bertz CT molecular complexity index is 2170. The van der Waals surface area contributed by atoms with Crippen LogP contribution in [0.25, 0.3) is 10.1 Å². The third-order valence-electron chi connectivity index (χ3n) is 8.77. The lowest BCUT2D eigenvalue weighted by Gasteiger charge is -2.42. The molecule has 254 valence electrons. The third-order valence-corrected chi connectivity index (χ3v) is 12.4. The molecule has 1 amide bonds. The summed E-state index contributed by atoms with van der Waals surface area (Å²) in [7, 11) is -3.97. The van der Waals surface area contributed by atoms with Crippen molar-refractivity contribution in [2.45, 2.75) is 38.1 Å². The number of hydrogen-bond donors (Lipinski definition) is 0. The number of amides is 1. The van der Waals surface area contributed by atoms with Gasteiger partial charge in [-0.3, -0.25) is 4.79 Å². The number of nitrogens with zero attached hydrogens (tertiary/aromatic N) is 4. The molecule has 0 bridgehead atoms. The monoisotopic (exact) mass is 720 g/mol. The molecule has 0 radical (unpaired) electrons. The van der Waals surface area contributed by atoms with E-state index in [0.29, 0.717) is 27.6 Å². The van der Waals surface area contributed by atoms with Gasteiger partial charge in [0.1, 0.15) is 11.3 Å². The van der Waals surface area contributed by atoms with Crippen LogP contribution in [0.4, 0.5) is 5.69 Å². The van der Waals surface area contributed by atoms with Crippen LogP contribution >= 0.6 is 22.9 Å². The van der Waals surface area contributed by atoms with Crippen LogP contribution in [-0.4, -0.2) is 48.4 Å². The minimum Gasteiger partial charge on any atom is -0.333 e. The van der Waals surface area contributed by atoms with Crippen molar-refractivity contribution in [1.82, 2.24) is 9.21 Å². The minimum atomic E-state index is -3.97. The van der Waals surface area contributed by atoms with E-state index in [-0.39, 0.29) is 37.5 Å². The highest BCUT2D eigenvalue weighted by atomic mass is 35.5. The number of nitriles is 1. The molecular formula is C40H37ClN4O3S2. The molecule has 5 aromatic rings. The molecule has 2 heterocycles. The van der Waals surface area contributed by atoms with Crippen LogP contribution in [0.5, 0.6) is 0 Å². The summed E-state index contributed by atoms with van der Waals surface area (Å²) in [6.45, 7) is 8.15. The number of fused-ring (bicyclic) bond motifs is 1. The maximum Gasteiger partial charge on any atom is 0.238 e. The number of carbonyl (C=O) groups excluding carboxylic acids is 1. The molecule has 10 heteroatoms. The van der Waals surface area contributed by atoms with Crippen LogP contribution in [-0.2, 0) is 21.4 Å². The normalized spacial score (nSPS) is 15.9. The van der Waals surface area contributed by atoms with Crippen LogP contribution in [0.3, 0.4) is 0 Å². The van der Waals surface area contributed by atoms with Gasteiger partial charge >= 0.3 is 0 Å². The second-order valence-corrected chi connectivity index (χ2v) is 16.4. The molecule has 0 aliphatic carbocycles. The fourth-order valence-corrected chi connectivity index (χ4v) is 9.80. The molecule has 1 aliphatic rings. The highest BCUT2D eigenvalue weighted by molar-refractivity contribution is 7.89. The SMILES string of the molecule is C=CC(c1cc2ccc(Cl)cc2s1)S(=O)(=O)N1CC(=O)N(Cc2ccc(C#N)c(N=C(c3ccccc3)c3ccccc3)c2)C(CC(C)C)C1. The van der Waals surface area contributed by atoms with Gasteiger partial charge in [-0.15, -0.1) is 17.9 Å². The first-order valence-electron chi connectivity index (χ1n) is 16.4. The van der Waals surface area contributed by atoms with Gasteiger partial charge in [0.05, 0.1) is 23.5 Å². The van der Waals surface area contributed by atoms with Gasteiger partial charge in [0.25, 0.3) is 0 Å². The molecule has 2 atom stereocenters. The van der Waals surface area contributed by atoms with Crippen molar-refractivity contribution in [3.63, 3.8) is 0 Å². The van der Waals surface area contributed by atoms with Gasteiger partial charge in [-0.2, -0.15) is 9.57 Å². The average molecular weight is 721 g/mol. The van der Waals surface area contributed by atoms with E-state index in [9.17, 15) is 18.5 Å². The zero-order chi connectivity index (χ0) is 35.4. The molecule has 4 aromatic carbocycles. The van der Waals surface area contributed by atoms with Gasteiger partial charge in [-0.25, -0.2) is 13.4 Å². The fraction of sp³-hybridized carbons (Fsp3) is 0.225. The maximum absolute atomic E-state index is 14.2. The van der Waals surface area contributed by atoms with E-state index < -0.39 is 15.3 Å². The van der Waals surface area contributed by atoms with E-state index in [2.05, 4.69) is 26.5 Å². The van der Waals surface area contributed by atoms with Gasteiger partial charge in [0.2, 0.25) is 15.9 Å². The highest BCUT2D eigenvalue weighted by Crippen LogP contribution is 2.38. The standard InChI is InChI=1S/C40H37ClN4O3S2/c1-4-38(37-21-31-17-18-33(41)22-36(31)49-37)50(47,48)44-25-34(19-27(2)3)45(39(46)26-44)24-28-15-16-32(23-42)35(20-28)43-40(29-11-7-5-8-12-29)30-13-9-6-10-14-30/h4-18,20-22,27,34,38H,1,19,24-26H2,2-3H3. The first-order chi connectivity index (χ1) is 24.1. The van der Waals surface area contributed by atoms with E-state index >= 15 is 0 Å². The molecule has 7 nitrogen and oxygen atoms in total. The van der Waals surface area contributed by atoms with Gasteiger partial charge in [0.15, 0.2) is 0 Å². The molecule has 0 N–H and O–H groups in total. The Morgan fingerprint density at radius 2 is 1.70 bits per heavy atom. The van der Waals surface area contributed by atoms with E-state index in [1.54, 1.807) is 17.0 Å². The molecular weight excluding hydrogens is 684 g/mol. The van der Waals surface area contributed by atoms with Crippen LogP contribution in [0.2, 0.25) is 5.02 Å². The Balaban J connectivity index is 1.30. The Hall–Kier alpha value is -4.59.